The van der Waals surface area contributed by atoms with E-state index in [1.165, 1.54) is 0 Å². The minimum absolute atomic E-state index is 0.147. The van der Waals surface area contributed by atoms with Crippen LogP contribution in [0.15, 0.2) is 0 Å². The van der Waals surface area contributed by atoms with E-state index in [1.54, 1.807) is 0 Å². The summed E-state index contributed by atoms with van der Waals surface area (Å²) in [4.78, 5) is 0. The van der Waals surface area contributed by atoms with Gasteiger partial charge in [-0.05, 0) is 13.3 Å². The van der Waals surface area contributed by atoms with Crippen LogP contribution in [-0.4, -0.2) is 18.4 Å². The molecular weight excluding hydrogens is 170 g/mol. The molecule has 0 spiro atoms. The van der Waals surface area contributed by atoms with Crippen LogP contribution in [0, 0.1) is 0 Å². The molecule has 0 aromatic carbocycles. The molecule has 0 heterocycles. The molecule has 4 heteroatoms. The first-order chi connectivity index (χ1) is 4.68. The number of hydrogen-bond acceptors (Lipinski definition) is 2. The number of alkyl halides is 1. The molecular formula is C6H14ClO2P. The molecule has 62 valence electrons. The summed E-state index contributed by atoms with van der Waals surface area (Å²) in [7, 11) is -2.43. The molecule has 2 nitrogen and oxygen atoms in total. The lowest BCUT2D eigenvalue weighted by atomic mass is 10.6. The third-order valence-corrected chi connectivity index (χ3v) is 4.42. The third kappa shape index (κ3) is 3.60. The predicted octanol–water partition coefficient (Wildman–Crippen LogP) is 2.91. The van der Waals surface area contributed by atoms with Crippen LogP contribution in [0.3, 0.4) is 0 Å². The van der Waals surface area contributed by atoms with Crippen LogP contribution in [-0.2, 0) is 9.09 Å². The Morgan fingerprint density at radius 3 is 2.40 bits per heavy atom. The van der Waals surface area contributed by atoms with Gasteiger partial charge in [0.05, 0.1) is 12.2 Å². The molecule has 0 rings (SSSR count). The zero-order valence-electron chi connectivity index (χ0n) is 6.47. The van der Waals surface area contributed by atoms with Crippen molar-refractivity contribution >= 4 is 19.0 Å². The Kier molecular flexibility index (Phi) is 5.42. The minimum atomic E-state index is -2.43. The molecule has 0 aromatic rings. The maximum absolute atomic E-state index is 11.4. The van der Waals surface area contributed by atoms with Crippen molar-refractivity contribution in [3.63, 3.8) is 0 Å². The summed E-state index contributed by atoms with van der Waals surface area (Å²) in [6.45, 7) is 4.29. The van der Waals surface area contributed by atoms with Crippen molar-refractivity contribution in [1.29, 1.82) is 0 Å². The van der Waals surface area contributed by atoms with Gasteiger partial charge in [0, 0.05) is 6.16 Å². The lowest BCUT2D eigenvalue weighted by Gasteiger charge is -2.12. The predicted molar refractivity (Wildman–Crippen MR) is 45.1 cm³/mol. The second-order valence-electron chi connectivity index (χ2n) is 2.08. The summed E-state index contributed by atoms with van der Waals surface area (Å²) in [5, 5.41) is 0. The Bertz CT molecular complexity index is 117. The van der Waals surface area contributed by atoms with E-state index in [4.69, 9.17) is 16.1 Å². The van der Waals surface area contributed by atoms with Gasteiger partial charge in [0.2, 0.25) is 7.37 Å². The van der Waals surface area contributed by atoms with Gasteiger partial charge in [-0.3, -0.25) is 4.57 Å². The van der Waals surface area contributed by atoms with E-state index < -0.39 is 7.37 Å². The molecule has 0 aromatic heterocycles. The topological polar surface area (TPSA) is 26.3 Å². The maximum Gasteiger partial charge on any atom is 0.217 e. The first-order valence-electron chi connectivity index (χ1n) is 3.47. The van der Waals surface area contributed by atoms with Crippen LogP contribution in [0.4, 0.5) is 0 Å². The average molecular weight is 185 g/mol. The average Bonchev–Trinajstić information content (AvgIpc) is 1.89. The molecule has 0 amide bonds. The van der Waals surface area contributed by atoms with E-state index in [9.17, 15) is 4.57 Å². The van der Waals surface area contributed by atoms with Gasteiger partial charge in [0.1, 0.15) is 0 Å². The molecule has 0 saturated heterocycles. The van der Waals surface area contributed by atoms with Crippen molar-refractivity contribution in [2.45, 2.75) is 20.3 Å². The molecule has 0 bridgehead atoms. The van der Waals surface area contributed by atoms with Gasteiger partial charge in [-0.1, -0.05) is 6.92 Å². The highest BCUT2D eigenvalue weighted by molar-refractivity contribution is 7.60. The zero-order chi connectivity index (χ0) is 8.04. The van der Waals surface area contributed by atoms with Gasteiger partial charge in [-0.25, -0.2) is 0 Å². The Morgan fingerprint density at radius 2 is 2.10 bits per heavy atom. The normalized spacial score (nSPS) is 16.7. The fourth-order valence-electron chi connectivity index (χ4n) is 0.735. The molecule has 0 aliphatic rings. The van der Waals surface area contributed by atoms with Gasteiger partial charge in [0.25, 0.3) is 0 Å². The SMILES string of the molecule is CCC[P@@](=O)(CCl)OCC. The smallest absolute Gasteiger partial charge is 0.217 e. The zero-order valence-corrected chi connectivity index (χ0v) is 8.12. The summed E-state index contributed by atoms with van der Waals surface area (Å²) < 4.78 is 16.5. The van der Waals surface area contributed by atoms with Gasteiger partial charge in [-0.15, -0.1) is 11.6 Å². The lowest BCUT2D eigenvalue weighted by Crippen LogP contribution is -1.95. The molecule has 1 atom stereocenters. The lowest BCUT2D eigenvalue weighted by molar-refractivity contribution is 0.336. The Morgan fingerprint density at radius 1 is 1.50 bits per heavy atom. The van der Waals surface area contributed by atoms with E-state index in [0.29, 0.717) is 12.8 Å². The highest BCUT2D eigenvalue weighted by Gasteiger charge is 2.18. The van der Waals surface area contributed by atoms with E-state index in [-0.39, 0.29) is 5.62 Å². The highest BCUT2D eigenvalue weighted by atomic mass is 35.5. The minimum Gasteiger partial charge on any atom is -0.328 e. The van der Waals surface area contributed by atoms with Crippen molar-refractivity contribution in [3.8, 4) is 0 Å². The molecule has 0 fully saturated rings. The Hall–Kier alpha value is 0.480. The van der Waals surface area contributed by atoms with Crippen LogP contribution in [0.2, 0.25) is 0 Å². The molecule has 0 aliphatic carbocycles. The van der Waals surface area contributed by atoms with Crippen LogP contribution in [0.5, 0.6) is 0 Å². The van der Waals surface area contributed by atoms with E-state index in [1.807, 2.05) is 13.8 Å². The first-order valence-corrected chi connectivity index (χ1v) is 6.00. The summed E-state index contributed by atoms with van der Waals surface area (Å²) >= 11 is 5.48. The molecule has 10 heavy (non-hydrogen) atoms. The van der Waals surface area contributed by atoms with Crippen LogP contribution >= 0.6 is 19.0 Å². The second kappa shape index (κ2) is 5.17. The summed E-state index contributed by atoms with van der Waals surface area (Å²) in [5.74, 6) is 0. The van der Waals surface area contributed by atoms with Gasteiger partial charge < -0.3 is 4.52 Å². The Balaban J connectivity index is 3.83. The first kappa shape index (κ1) is 10.5. The molecule has 0 saturated carbocycles. The van der Waals surface area contributed by atoms with E-state index in [2.05, 4.69) is 0 Å². The van der Waals surface area contributed by atoms with Crippen molar-refractivity contribution in [2.24, 2.45) is 0 Å². The van der Waals surface area contributed by atoms with Crippen molar-refractivity contribution in [3.05, 3.63) is 0 Å². The monoisotopic (exact) mass is 184 g/mol. The molecule has 0 unspecified atom stereocenters. The van der Waals surface area contributed by atoms with Gasteiger partial charge in [0.15, 0.2) is 0 Å². The van der Waals surface area contributed by atoms with Gasteiger partial charge >= 0.3 is 0 Å². The number of rotatable bonds is 5. The fraction of sp³-hybridized carbons (Fsp3) is 1.00. The standard InChI is InChI=1S/C6H14ClO2P/c1-3-5-10(8,6-7)9-4-2/h3-6H2,1-2H3/t10-/m0/s1. The molecule has 0 radical (unpaired) electrons. The molecule has 0 aliphatic heterocycles. The summed E-state index contributed by atoms with van der Waals surface area (Å²) in [6.07, 6.45) is 1.47. The van der Waals surface area contributed by atoms with E-state index in [0.717, 1.165) is 6.42 Å². The maximum atomic E-state index is 11.4. The quantitative estimate of drug-likeness (QED) is 0.485. The largest absolute Gasteiger partial charge is 0.328 e. The van der Waals surface area contributed by atoms with Crippen LogP contribution in [0.25, 0.3) is 0 Å². The summed E-state index contributed by atoms with van der Waals surface area (Å²) in [5.41, 5.74) is 0.147. The Labute approximate surface area is 67.4 Å². The summed E-state index contributed by atoms with van der Waals surface area (Å²) in [6, 6.07) is 0. The third-order valence-electron chi connectivity index (χ3n) is 1.11. The number of halogens is 1. The second-order valence-corrected chi connectivity index (χ2v) is 5.37. The van der Waals surface area contributed by atoms with Crippen LogP contribution in [0.1, 0.15) is 20.3 Å². The van der Waals surface area contributed by atoms with Crippen molar-refractivity contribution in [2.75, 3.05) is 18.4 Å². The van der Waals surface area contributed by atoms with Gasteiger partial charge in [-0.2, -0.15) is 0 Å². The fourth-order valence-corrected chi connectivity index (χ4v) is 2.77. The highest BCUT2D eigenvalue weighted by Crippen LogP contribution is 2.47. The van der Waals surface area contributed by atoms with Crippen LogP contribution < -0.4 is 0 Å². The molecule has 0 N–H and O–H groups in total. The van der Waals surface area contributed by atoms with E-state index >= 15 is 0 Å². The van der Waals surface area contributed by atoms with Crippen molar-refractivity contribution in [1.82, 2.24) is 0 Å². The van der Waals surface area contributed by atoms with Crippen molar-refractivity contribution < 1.29 is 9.09 Å². The number of hydrogen-bond donors (Lipinski definition) is 0.